The van der Waals surface area contributed by atoms with Crippen LogP contribution in [0.3, 0.4) is 0 Å². The summed E-state index contributed by atoms with van der Waals surface area (Å²) in [6, 6.07) is 6.57. The summed E-state index contributed by atoms with van der Waals surface area (Å²) in [6.07, 6.45) is 3.24. The standard InChI is InChI=1S/C15H21NO/c1-11(2)14(10-17)9-12-4-5-15-13(8-12)6-7-16(15)3/h4-5,8-9,11,17H,6-7,10H2,1-3H3. The van der Waals surface area contributed by atoms with E-state index < -0.39 is 0 Å². The van der Waals surface area contributed by atoms with Crippen LogP contribution in [-0.4, -0.2) is 25.3 Å². The maximum atomic E-state index is 9.32. The Morgan fingerprint density at radius 2 is 2.24 bits per heavy atom. The summed E-state index contributed by atoms with van der Waals surface area (Å²) in [5.41, 5.74) is 5.06. The molecular weight excluding hydrogens is 210 g/mol. The summed E-state index contributed by atoms with van der Waals surface area (Å²) < 4.78 is 0. The van der Waals surface area contributed by atoms with Gasteiger partial charge in [0.1, 0.15) is 0 Å². The van der Waals surface area contributed by atoms with Crippen LogP contribution in [0, 0.1) is 5.92 Å². The van der Waals surface area contributed by atoms with Crippen molar-refractivity contribution in [1.82, 2.24) is 0 Å². The lowest BCUT2D eigenvalue weighted by atomic mass is 10.00. The second-order valence-electron chi connectivity index (χ2n) is 5.09. The molecule has 1 aliphatic heterocycles. The number of fused-ring (bicyclic) bond motifs is 1. The van der Waals surface area contributed by atoms with Gasteiger partial charge in [-0.15, -0.1) is 0 Å². The molecule has 0 bridgehead atoms. The van der Waals surface area contributed by atoms with Crippen LogP contribution in [-0.2, 0) is 6.42 Å². The summed E-state index contributed by atoms with van der Waals surface area (Å²) in [4.78, 5) is 2.29. The number of nitrogens with zero attached hydrogens (tertiary/aromatic N) is 1. The molecule has 0 spiro atoms. The largest absolute Gasteiger partial charge is 0.392 e. The highest BCUT2D eigenvalue weighted by molar-refractivity contribution is 5.64. The van der Waals surface area contributed by atoms with Crippen molar-refractivity contribution in [2.75, 3.05) is 25.1 Å². The van der Waals surface area contributed by atoms with E-state index in [2.05, 4.69) is 50.1 Å². The topological polar surface area (TPSA) is 23.5 Å². The summed E-state index contributed by atoms with van der Waals surface area (Å²) in [5, 5.41) is 9.32. The van der Waals surface area contributed by atoms with Crippen LogP contribution in [0.15, 0.2) is 23.8 Å². The average molecular weight is 231 g/mol. The SMILES string of the molecule is CC(C)C(=Cc1ccc2c(c1)CCN2C)CO. The van der Waals surface area contributed by atoms with Gasteiger partial charge in [0.25, 0.3) is 0 Å². The minimum atomic E-state index is 0.147. The predicted molar refractivity (Wildman–Crippen MR) is 73.3 cm³/mol. The molecule has 0 radical (unpaired) electrons. The highest BCUT2D eigenvalue weighted by atomic mass is 16.3. The fourth-order valence-electron chi connectivity index (χ4n) is 2.29. The van der Waals surface area contributed by atoms with Gasteiger partial charge in [0, 0.05) is 19.3 Å². The zero-order valence-electron chi connectivity index (χ0n) is 10.9. The summed E-state index contributed by atoms with van der Waals surface area (Å²) in [7, 11) is 2.13. The lowest BCUT2D eigenvalue weighted by Gasteiger charge is -2.12. The first-order chi connectivity index (χ1) is 8.11. The van der Waals surface area contributed by atoms with Gasteiger partial charge in [-0.2, -0.15) is 0 Å². The lowest BCUT2D eigenvalue weighted by Crippen LogP contribution is -2.12. The highest BCUT2D eigenvalue weighted by Gasteiger charge is 2.15. The van der Waals surface area contributed by atoms with E-state index in [1.165, 1.54) is 16.8 Å². The molecule has 2 rings (SSSR count). The van der Waals surface area contributed by atoms with Gasteiger partial charge in [0.05, 0.1) is 6.61 Å². The quantitative estimate of drug-likeness (QED) is 0.864. The zero-order valence-corrected chi connectivity index (χ0v) is 10.9. The Morgan fingerprint density at radius 1 is 1.47 bits per heavy atom. The maximum Gasteiger partial charge on any atom is 0.0647 e. The molecule has 1 heterocycles. The van der Waals surface area contributed by atoms with E-state index in [0.717, 1.165) is 18.5 Å². The normalized spacial score (nSPS) is 15.6. The number of benzene rings is 1. The number of hydrogen-bond acceptors (Lipinski definition) is 2. The van der Waals surface area contributed by atoms with Crippen molar-refractivity contribution in [2.45, 2.75) is 20.3 Å². The fraction of sp³-hybridized carbons (Fsp3) is 0.467. The van der Waals surface area contributed by atoms with E-state index in [4.69, 9.17) is 0 Å². The van der Waals surface area contributed by atoms with E-state index in [0.29, 0.717) is 5.92 Å². The minimum Gasteiger partial charge on any atom is -0.392 e. The summed E-state index contributed by atoms with van der Waals surface area (Å²) in [5.74, 6) is 0.399. The molecule has 17 heavy (non-hydrogen) atoms. The Bertz CT molecular complexity index is 435. The van der Waals surface area contributed by atoms with E-state index in [1.807, 2.05) is 0 Å². The van der Waals surface area contributed by atoms with Gasteiger partial charge in [0.2, 0.25) is 0 Å². The molecule has 0 fully saturated rings. The van der Waals surface area contributed by atoms with E-state index in [-0.39, 0.29) is 6.61 Å². The first-order valence-corrected chi connectivity index (χ1v) is 6.27. The molecule has 0 unspecified atom stereocenters. The molecule has 1 aromatic carbocycles. The van der Waals surface area contributed by atoms with Crippen molar-refractivity contribution >= 4 is 11.8 Å². The van der Waals surface area contributed by atoms with Gasteiger partial charge in [-0.3, -0.25) is 0 Å². The van der Waals surface area contributed by atoms with Gasteiger partial charge in [-0.05, 0) is 41.2 Å². The first-order valence-electron chi connectivity index (χ1n) is 6.27. The minimum absolute atomic E-state index is 0.147. The number of aliphatic hydroxyl groups is 1. The highest BCUT2D eigenvalue weighted by Crippen LogP contribution is 2.28. The molecule has 0 aromatic heterocycles. The van der Waals surface area contributed by atoms with Gasteiger partial charge in [-0.1, -0.05) is 26.0 Å². The van der Waals surface area contributed by atoms with Crippen LogP contribution in [0.2, 0.25) is 0 Å². The molecule has 92 valence electrons. The lowest BCUT2D eigenvalue weighted by molar-refractivity contribution is 0.320. The Labute approximate surface area is 104 Å². The number of hydrogen-bond donors (Lipinski definition) is 1. The van der Waals surface area contributed by atoms with Crippen molar-refractivity contribution in [1.29, 1.82) is 0 Å². The second-order valence-corrected chi connectivity index (χ2v) is 5.09. The Morgan fingerprint density at radius 3 is 2.88 bits per heavy atom. The van der Waals surface area contributed by atoms with Crippen molar-refractivity contribution in [3.8, 4) is 0 Å². The number of aliphatic hydroxyl groups excluding tert-OH is 1. The molecule has 1 aromatic rings. The monoisotopic (exact) mass is 231 g/mol. The van der Waals surface area contributed by atoms with Crippen LogP contribution in [0.25, 0.3) is 6.08 Å². The molecule has 0 atom stereocenters. The van der Waals surface area contributed by atoms with E-state index >= 15 is 0 Å². The third-order valence-corrected chi connectivity index (χ3v) is 3.51. The Hall–Kier alpha value is -1.28. The third-order valence-electron chi connectivity index (χ3n) is 3.51. The van der Waals surface area contributed by atoms with Crippen LogP contribution >= 0.6 is 0 Å². The van der Waals surface area contributed by atoms with Crippen LogP contribution in [0.5, 0.6) is 0 Å². The maximum absolute atomic E-state index is 9.32. The van der Waals surface area contributed by atoms with E-state index in [1.54, 1.807) is 0 Å². The Balaban J connectivity index is 2.30. The van der Waals surface area contributed by atoms with Crippen molar-refractivity contribution in [2.24, 2.45) is 5.92 Å². The second kappa shape index (κ2) is 4.92. The molecule has 2 heteroatoms. The van der Waals surface area contributed by atoms with Crippen LogP contribution in [0.1, 0.15) is 25.0 Å². The van der Waals surface area contributed by atoms with Crippen molar-refractivity contribution in [3.05, 3.63) is 34.9 Å². The summed E-state index contributed by atoms with van der Waals surface area (Å²) >= 11 is 0. The van der Waals surface area contributed by atoms with Crippen molar-refractivity contribution < 1.29 is 5.11 Å². The molecule has 1 aliphatic rings. The molecular formula is C15H21NO. The molecule has 0 saturated carbocycles. The molecule has 0 aliphatic carbocycles. The van der Waals surface area contributed by atoms with Gasteiger partial charge in [-0.25, -0.2) is 0 Å². The molecule has 0 saturated heterocycles. The number of rotatable bonds is 3. The van der Waals surface area contributed by atoms with Gasteiger partial charge >= 0.3 is 0 Å². The van der Waals surface area contributed by atoms with Crippen LogP contribution in [0.4, 0.5) is 5.69 Å². The molecule has 0 amide bonds. The number of likely N-dealkylation sites (N-methyl/N-ethyl adjacent to an activating group) is 1. The van der Waals surface area contributed by atoms with Crippen molar-refractivity contribution in [3.63, 3.8) is 0 Å². The third kappa shape index (κ3) is 2.52. The van der Waals surface area contributed by atoms with E-state index in [9.17, 15) is 5.11 Å². The van der Waals surface area contributed by atoms with Crippen LogP contribution < -0.4 is 4.90 Å². The molecule has 2 nitrogen and oxygen atoms in total. The average Bonchev–Trinajstić information content (AvgIpc) is 2.67. The fourth-order valence-corrected chi connectivity index (χ4v) is 2.29. The van der Waals surface area contributed by atoms with Gasteiger partial charge in [0.15, 0.2) is 0 Å². The number of anilines is 1. The Kier molecular flexibility index (Phi) is 3.53. The molecule has 1 N–H and O–H groups in total. The smallest absolute Gasteiger partial charge is 0.0647 e. The first kappa shape index (κ1) is 12.2. The summed E-state index contributed by atoms with van der Waals surface area (Å²) in [6.45, 7) is 5.49. The van der Waals surface area contributed by atoms with Gasteiger partial charge < -0.3 is 10.0 Å². The zero-order chi connectivity index (χ0) is 12.4. The predicted octanol–water partition coefficient (Wildman–Crippen LogP) is 2.71.